The zero-order chi connectivity index (χ0) is 17.1. The zero-order valence-electron chi connectivity index (χ0n) is 14.1. The summed E-state index contributed by atoms with van der Waals surface area (Å²) in [6.45, 7) is 4.41. The highest BCUT2D eigenvalue weighted by Crippen LogP contribution is 2.24. The molecule has 0 aliphatic carbocycles. The molecule has 5 nitrogen and oxygen atoms in total. The van der Waals surface area contributed by atoms with Crippen LogP contribution in [0.2, 0.25) is 0 Å². The fourth-order valence-electron chi connectivity index (χ4n) is 2.70. The molecule has 0 fully saturated rings. The second kappa shape index (κ2) is 6.84. The molecule has 1 heterocycles. The molecule has 3 rings (SSSR count). The minimum atomic E-state index is -0.0920. The van der Waals surface area contributed by atoms with Crippen LogP contribution in [0.1, 0.15) is 19.7 Å². The van der Waals surface area contributed by atoms with Gasteiger partial charge in [0.25, 0.3) is 5.56 Å². The molecule has 0 unspecified atom stereocenters. The lowest BCUT2D eigenvalue weighted by molar-refractivity contribution is 0.241. The van der Waals surface area contributed by atoms with Crippen molar-refractivity contribution in [2.24, 2.45) is 0 Å². The number of aromatic nitrogens is 2. The smallest absolute Gasteiger partial charge is 0.266 e. The molecule has 2 aromatic carbocycles. The minimum Gasteiger partial charge on any atom is -0.489 e. The van der Waals surface area contributed by atoms with Crippen LogP contribution in [0.5, 0.6) is 5.75 Å². The average Bonchev–Trinajstić information content (AvgIpc) is 2.56. The van der Waals surface area contributed by atoms with Crippen LogP contribution < -0.4 is 15.6 Å². The SMILES string of the molecule is CNCc1nc2ccccc2c(=O)n1-c1ccccc1OC(C)C. The molecule has 0 spiro atoms. The first-order valence-electron chi connectivity index (χ1n) is 8.03. The summed E-state index contributed by atoms with van der Waals surface area (Å²) in [5, 5.41) is 3.68. The number of nitrogens with one attached hydrogen (secondary N) is 1. The van der Waals surface area contributed by atoms with E-state index in [0.29, 0.717) is 34.7 Å². The van der Waals surface area contributed by atoms with Gasteiger partial charge in [-0.3, -0.25) is 9.36 Å². The molecular formula is C19H21N3O2. The molecule has 1 N–H and O–H groups in total. The van der Waals surface area contributed by atoms with Gasteiger partial charge < -0.3 is 10.1 Å². The second-order valence-electron chi connectivity index (χ2n) is 5.85. The number of fused-ring (bicyclic) bond motifs is 1. The Kier molecular flexibility index (Phi) is 4.62. The molecule has 5 heteroatoms. The first-order valence-corrected chi connectivity index (χ1v) is 8.03. The summed E-state index contributed by atoms with van der Waals surface area (Å²) < 4.78 is 7.53. The Balaban J connectivity index is 2.31. The highest BCUT2D eigenvalue weighted by Gasteiger charge is 2.15. The molecule has 1 aromatic heterocycles. The maximum absolute atomic E-state index is 13.1. The van der Waals surface area contributed by atoms with Crippen molar-refractivity contribution in [3.05, 3.63) is 64.7 Å². The summed E-state index contributed by atoms with van der Waals surface area (Å²) in [6.07, 6.45) is 0.0167. The van der Waals surface area contributed by atoms with Crippen LogP contribution in [0.25, 0.3) is 16.6 Å². The first-order chi connectivity index (χ1) is 11.6. The van der Waals surface area contributed by atoms with E-state index in [0.717, 1.165) is 0 Å². The van der Waals surface area contributed by atoms with Crippen LogP contribution in [0.15, 0.2) is 53.3 Å². The minimum absolute atomic E-state index is 0.0167. The van der Waals surface area contributed by atoms with Gasteiger partial charge in [0.15, 0.2) is 0 Å². The Morgan fingerprint density at radius 2 is 1.83 bits per heavy atom. The van der Waals surface area contributed by atoms with E-state index in [9.17, 15) is 4.79 Å². The van der Waals surface area contributed by atoms with E-state index in [1.807, 2.05) is 63.4 Å². The van der Waals surface area contributed by atoms with Crippen molar-refractivity contribution < 1.29 is 4.74 Å². The lowest BCUT2D eigenvalue weighted by Gasteiger charge is -2.18. The monoisotopic (exact) mass is 323 g/mol. The summed E-state index contributed by atoms with van der Waals surface area (Å²) in [6, 6.07) is 15.0. The fraction of sp³-hybridized carbons (Fsp3) is 0.263. The molecule has 0 aliphatic rings. The van der Waals surface area contributed by atoms with Gasteiger partial charge in [-0.15, -0.1) is 0 Å². The van der Waals surface area contributed by atoms with E-state index < -0.39 is 0 Å². The third-order valence-corrected chi connectivity index (χ3v) is 3.65. The molecule has 3 aromatic rings. The maximum Gasteiger partial charge on any atom is 0.266 e. The number of hydrogen-bond donors (Lipinski definition) is 1. The Morgan fingerprint density at radius 3 is 2.58 bits per heavy atom. The number of para-hydroxylation sites is 3. The van der Waals surface area contributed by atoms with Crippen LogP contribution in [-0.4, -0.2) is 22.7 Å². The predicted molar refractivity (Wildman–Crippen MR) is 95.9 cm³/mol. The topological polar surface area (TPSA) is 56.2 Å². The first kappa shape index (κ1) is 16.2. The molecule has 24 heavy (non-hydrogen) atoms. The average molecular weight is 323 g/mol. The third-order valence-electron chi connectivity index (χ3n) is 3.65. The molecule has 0 saturated carbocycles. The van der Waals surface area contributed by atoms with E-state index in [4.69, 9.17) is 4.74 Å². The number of ether oxygens (including phenoxy) is 1. The van der Waals surface area contributed by atoms with Gasteiger partial charge in [-0.2, -0.15) is 0 Å². The third kappa shape index (κ3) is 3.03. The molecule has 0 bridgehead atoms. The highest BCUT2D eigenvalue weighted by molar-refractivity contribution is 5.78. The van der Waals surface area contributed by atoms with Crippen molar-refractivity contribution in [2.45, 2.75) is 26.5 Å². The van der Waals surface area contributed by atoms with Gasteiger partial charge in [0, 0.05) is 0 Å². The quantitative estimate of drug-likeness (QED) is 0.784. The molecule has 124 valence electrons. The van der Waals surface area contributed by atoms with E-state index in [2.05, 4.69) is 10.3 Å². The number of benzene rings is 2. The normalized spacial score (nSPS) is 11.2. The van der Waals surface area contributed by atoms with Gasteiger partial charge in [-0.1, -0.05) is 24.3 Å². The molecule has 0 aliphatic heterocycles. The summed E-state index contributed by atoms with van der Waals surface area (Å²) in [5.41, 5.74) is 1.32. The number of rotatable bonds is 5. The van der Waals surface area contributed by atoms with Gasteiger partial charge in [0.2, 0.25) is 0 Å². The van der Waals surface area contributed by atoms with E-state index in [1.165, 1.54) is 0 Å². The molecular weight excluding hydrogens is 302 g/mol. The van der Waals surface area contributed by atoms with Gasteiger partial charge in [-0.05, 0) is 45.2 Å². The second-order valence-corrected chi connectivity index (χ2v) is 5.85. The van der Waals surface area contributed by atoms with Crippen molar-refractivity contribution >= 4 is 10.9 Å². The maximum atomic E-state index is 13.1. The number of hydrogen-bond acceptors (Lipinski definition) is 4. The van der Waals surface area contributed by atoms with Gasteiger partial charge in [-0.25, -0.2) is 4.98 Å². The van der Waals surface area contributed by atoms with Crippen LogP contribution in [0.3, 0.4) is 0 Å². The fourth-order valence-corrected chi connectivity index (χ4v) is 2.70. The van der Waals surface area contributed by atoms with E-state index in [1.54, 1.807) is 10.6 Å². The molecule has 0 atom stereocenters. The van der Waals surface area contributed by atoms with Crippen LogP contribution in [0.4, 0.5) is 0 Å². The molecule has 0 saturated heterocycles. The van der Waals surface area contributed by atoms with E-state index in [-0.39, 0.29) is 11.7 Å². The van der Waals surface area contributed by atoms with Gasteiger partial charge in [0.05, 0.1) is 29.2 Å². The van der Waals surface area contributed by atoms with Crippen molar-refractivity contribution in [1.29, 1.82) is 0 Å². The van der Waals surface area contributed by atoms with E-state index >= 15 is 0 Å². The van der Waals surface area contributed by atoms with Crippen LogP contribution >= 0.6 is 0 Å². The van der Waals surface area contributed by atoms with Gasteiger partial charge >= 0.3 is 0 Å². The van der Waals surface area contributed by atoms with Crippen molar-refractivity contribution in [3.8, 4) is 11.4 Å². The standard InChI is InChI=1S/C19H21N3O2/c1-13(2)24-17-11-7-6-10-16(17)22-18(12-20-3)21-15-9-5-4-8-14(15)19(22)23/h4-11,13,20H,12H2,1-3H3. The van der Waals surface area contributed by atoms with Crippen molar-refractivity contribution in [3.63, 3.8) is 0 Å². The lowest BCUT2D eigenvalue weighted by atomic mass is 10.2. The Bertz CT molecular complexity index is 916. The van der Waals surface area contributed by atoms with Crippen molar-refractivity contribution in [1.82, 2.24) is 14.9 Å². The number of nitrogens with zero attached hydrogens (tertiary/aromatic N) is 2. The molecule has 0 amide bonds. The Morgan fingerprint density at radius 1 is 1.12 bits per heavy atom. The van der Waals surface area contributed by atoms with Crippen molar-refractivity contribution in [2.75, 3.05) is 7.05 Å². The summed E-state index contributed by atoms with van der Waals surface area (Å²) >= 11 is 0. The largest absolute Gasteiger partial charge is 0.489 e. The van der Waals surface area contributed by atoms with Crippen LogP contribution in [0, 0.1) is 0 Å². The highest BCUT2D eigenvalue weighted by atomic mass is 16.5. The molecule has 0 radical (unpaired) electrons. The lowest BCUT2D eigenvalue weighted by Crippen LogP contribution is -2.27. The summed E-state index contributed by atoms with van der Waals surface area (Å²) in [4.78, 5) is 17.8. The Labute approximate surface area is 140 Å². The summed E-state index contributed by atoms with van der Waals surface area (Å²) in [7, 11) is 1.84. The van der Waals surface area contributed by atoms with Gasteiger partial charge in [0.1, 0.15) is 11.6 Å². The summed E-state index contributed by atoms with van der Waals surface area (Å²) in [5.74, 6) is 1.32. The van der Waals surface area contributed by atoms with Crippen LogP contribution in [-0.2, 0) is 6.54 Å². The predicted octanol–water partition coefficient (Wildman–Crippen LogP) is 2.89. The zero-order valence-corrected chi connectivity index (χ0v) is 14.1. The Hall–Kier alpha value is -2.66.